The van der Waals surface area contributed by atoms with Crippen molar-refractivity contribution in [1.29, 1.82) is 0 Å². The average molecular weight is 343 g/mol. The van der Waals surface area contributed by atoms with Crippen molar-refractivity contribution in [3.05, 3.63) is 54.1 Å². The van der Waals surface area contributed by atoms with Crippen LogP contribution < -0.4 is 14.8 Å². The molecule has 4 nitrogen and oxygen atoms in total. The van der Waals surface area contributed by atoms with Gasteiger partial charge >= 0.3 is 0 Å². The maximum atomic E-state index is 12.0. The van der Waals surface area contributed by atoms with Gasteiger partial charge in [0.2, 0.25) is 5.91 Å². The molecular formula is C19H21NO3S. The number of nitrogens with one attached hydrogen (secondary N) is 1. The van der Waals surface area contributed by atoms with E-state index in [1.807, 2.05) is 36.0 Å². The molecule has 2 aromatic rings. The third-order valence-corrected chi connectivity index (χ3v) is 4.74. The molecule has 1 aliphatic rings. The van der Waals surface area contributed by atoms with E-state index in [1.165, 1.54) is 5.56 Å². The fourth-order valence-electron chi connectivity index (χ4n) is 2.44. The van der Waals surface area contributed by atoms with Gasteiger partial charge in [-0.05, 0) is 29.9 Å². The van der Waals surface area contributed by atoms with Crippen LogP contribution >= 0.6 is 11.8 Å². The summed E-state index contributed by atoms with van der Waals surface area (Å²) >= 11 is 1.86. The molecule has 1 N–H and O–H groups in total. The van der Waals surface area contributed by atoms with Crippen LogP contribution in [0.5, 0.6) is 11.5 Å². The van der Waals surface area contributed by atoms with Crippen LogP contribution in [0.3, 0.4) is 0 Å². The van der Waals surface area contributed by atoms with Crippen molar-refractivity contribution in [2.75, 3.05) is 24.3 Å². The Labute approximate surface area is 146 Å². The van der Waals surface area contributed by atoms with E-state index in [2.05, 4.69) is 29.6 Å². The number of carbonyl (C=O) groups excluding carboxylic acids is 1. The van der Waals surface area contributed by atoms with Gasteiger partial charge < -0.3 is 14.8 Å². The average Bonchev–Trinajstić information content (AvgIpc) is 2.62. The van der Waals surface area contributed by atoms with E-state index >= 15 is 0 Å². The third kappa shape index (κ3) is 4.93. The Morgan fingerprint density at radius 1 is 1.04 bits per heavy atom. The van der Waals surface area contributed by atoms with E-state index in [-0.39, 0.29) is 5.91 Å². The first-order valence-corrected chi connectivity index (χ1v) is 9.28. The van der Waals surface area contributed by atoms with Crippen LogP contribution in [0, 0.1) is 0 Å². The van der Waals surface area contributed by atoms with Gasteiger partial charge in [-0.2, -0.15) is 11.8 Å². The Hall–Kier alpha value is -2.14. The number of hydrogen-bond donors (Lipinski definition) is 1. The maximum absolute atomic E-state index is 12.0. The van der Waals surface area contributed by atoms with Crippen LogP contribution in [0.25, 0.3) is 0 Å². The normalized spacial score (nSPS) is 12.7. The molecule has 0 aliphatic carbocycles. The van der Waals surface area contributed by atoms with Crippen molar-refractivity contribution in [1.82, 2.24) is 0 Å². The zero-order valence-electron chi connectivity index (χ0n) is 13.5. The zero-order valence-corrected chi connectivity index (χ0v) is 14.3. The standard InChI is InChI=1S/C19H21NO3S/c21-19(7-4-12-24-14-15-5-2-1-3-6-15)20-16-8-9-17-18(13-16)23-11-10-22-17/h1-3,5-6,8-9,13H,4,7,10-12,14H2,(H,20,21). The van der Waals surface area contributed by atoms with Crippen LogP contribution in [0.2, 0.25) is 0 Å². The zero-order chi connectivity index (χ0) is 16.6. The minimum Gasteiger partial charge on any atom is -0.486 e. The fourth-order valence-corrected chi connectivity index (χ4v) is 3.36. The van der Waals surface area contributed by atoms with Gasteiger partial charge in [-0.15, -0.1) is 0 Å². The Balaban J connectivity index is 1.37. The molecule has 0 fully saturated rings. The molecule has 0 saturated heterocycles. The highest BCUT2D eigenvalue weighted by atomic mass is 32.2. The van der Waals surface area contributed by atoms with Crippen LogP contribution in [0.4, 0.5) is 5.69 Å². The summed E-state index contributed by atoms with van der Waals surface area (Å²) in [6.45, 7) is 1.11. The molecule has 3 rings (SSSR count). The number of benzene rings is 2. The molecule has 0 saturated carbocycles. The minimum absolute atomic E-state index is 0.0342. The van der Waals surface area contributed by atoms with E-state index in [1.54, 1.807) is 0 Å². The predicted octanol–water partition coefficient (Wildman–Crippen LogP) is 4.11. The van der Waals surface area contributed by atoms with Crippen LogP contribution in [0.15, 0.2) is 48.5 Å². The first kappa shape index (κ1) is 16.7. The Morgan fingerprint density at radius 3 is 2.67 bits per heavy atom. The third-order valence-electron chi connectivity index (χ3n) is 3.63. The lowest BCUT2D eigenvalue weighted by Gasteiger charge is -2.19. The number of ether oxygens (including phenoxy) is 2. The molecule has 0 unspecified atom stereocenters. The van der Waals surface area contributed by atoms with Crippen molar-refractivity contribution < 1.29 is 14.3 Å². The largest absolute Gasteiger partial charge is 0.486 e. The Kier molecular flexibility index (Phi) is 6.01. The summed E-state index contributed by atoms with van der Waals surface area (Å²) in [4.78, 5) is 12.0. The van der Waals surface area contributed by atoms with Gasteiger partial charge in [0.25, 0.3) is 0 Å². The predicted molar refractivity (Wildman–Crippen MR) is 97.9 cm³/mol. The van der Waals surface area contributed by atoms with Crippen molar-refractivity contribution in [2.24, 2.45) is 0 Å². The van der Waals surface area contributed by atoms with Crippen molar-refractivity contribution in [3.8, 4) is 11.5 Å². The van der Waals surface area contributed by atoms with Crippen LogP contribution in [0.1, 0.15) is 18.4 Å². The number of rotatable bonds is 7. The topological polar surface area (TPSA) is 47.6 Å². The van der Waals surface area contributed by atoms with E-state index < -0.39 is 0 Å². The maximum Gasteiger partial charge on any atom is 0.224 e. The number of hydrogen-bond acceptors (Lipinski definition) is 4. The minimum atomic E-state index is 0.0342. The molecule has 24 heavy (non-hydrogen) atoms. The van der Waals surface area contributed by atoms with E-state index in [9.17, 15) is 4.79 Å². The molecule has 1 heterocycles. The van der Waals surface area contributed by atoms with Gasteiger partial charge in [-0.1, -0.05) is 30.3 Å². The molecule has 0 atom stereocenters. The molecule has 1 aliphatic heterocycles. The highest BCUT2D eigenvalue weighted by Gasteiger charge is 2.12. The monoisotopic (exact) mass is 343 g/mol. The summed E-state index contributed by atoms with van der Waals surface area (Å²) < 4.78 is 11.0. The smallest absolute Gasteiger partial charge is 0.224 e. The molecule has 5 heteroatoms. The number of amides is 1. The van der Waals surface area contributed by atoms with Gasteiger partial charge in [0.05, 0.1) is 0 Å². The summed E-state index contributed by atoms with van der Waals surface area (Å²) in [5.41, 5.74) is 2.07. The van der Waals surface area contributed by atoms with E-state index in [4.69, 9.17) is 9.47 Å². The summed E-state index contributed by atoms with van der Waals surface area (Å²) in [5, 5.41) is 2.92. The van der Waals surface area contributed by atoms with E-state index in [0.717, 1.165) is 29.4 Å². The van der Waals surface area contributed by atoms with E-state index in [0.29, 0.717) is 25.4 Å². The summed E-state index contributed by atoms with van der Waals surface area (Å²) in [5.74, 6) is 3.43. The lowest BCUT2D eigenvalue weighted by Crippen LogP contribution is -2.16. The Morgan fingerprint density at radius 2 is 1.83 bits per heavy atom. The van der Waals surface area contributed by atoms with Crippen LogP contribution in [-0.4, -0.2) is 24.9 Å². The number of carbonyl (C=O) groups is 1. The fraction of sp³-hybridized carbons (Fsp3) is 0.316. The molecule has 1 amide bonds. The lowest BCUT2D eigenvalue weighted by atomic mass is 10.2. The molecule has 0 aromatic heterocycles. The second-order valence-corrected chi connectivity index (χ2v) is 6.65. The first-order chi connectivity index (χ1) is 11.8. The first-order valence-electron chi connectivity index (χ1n) is 8.12. The number of fused-ring (bicyclic) bond motifs is 1. The molecule has 126 valence electrons. The highest BCUT2D eigenvalue weighted by molar-refractivity contribution is 7.98. The van der Waals surface area contributed by atoms with Gasteiger partial charge in [0.1, 0.15) is 13.2 Å². The van der Waals surface area contributed by atoms with Crippen molar-refractivity contribution in [3.63, 3.8) is 0 Å². The molecule has 0 spiro atoms. The number of anilines is 1. The number of thioether (sulfide) groups is 1. The molecular weight excluding hydrogens is 322 g/mol. The highest BCUT2D eigenvalue weighted by Crippen LogP contribution is 2.32. The summed E-state index contributed by atoms with van der Waals surface area (Å²) in [6, 6.07) is 15.9. The van der Waals surface area contributed by atoms with Crippen molar-refractivity contribution in [2.45, 2.75) is 18.6 Å². The van der Waals surface area contributed by atoms with Gasteiger partial charge in [0.15, 0.2) is 11.5 Å². The molecule has 0 radical (unpaired) electrons. The summed E-state index contributed by atoms with van der Waals surface area (Å²) in [6.07, 6.45) is 1.39. The quantitative estimate of drug-likeness (QED) is 0.769. The molecule has 2 aromatic carbocycles. The van der Waals surface area contributed by atoms with Crippen LogP contribution in [-0.2, 0) is 10.5 Å². The van der Waals surface area contributed by atoms with Crippen molar-refractivity contribution >= 4 is 23.4 Å². The Bertz CT molecular complexity index is 676. The van der Waals surface area contributed by atoms with Gasteiger partial charge in [0, 0.05) is 23.9 Å². The second kappa shape index (κ2) is 8.64. The molecule has 0 bridgehead atoms. The summed E-state index contributed by atoms with van der Waals surface area (Å²) in [7, 11) is 0. The lowest BCUT2D eigenvalue weighted by molar-refractivity contribution is -0.116. The second-order valence-electron chi connectivity index (χ2n) is 5.55. The van der Waals surface area contributed by atoms with Gasteiger partial charge in [-0.3, -0.25) is 4.79 Å². The van der Waals surface area contributed by atoms with Gasteiger partial charge in [-0.25, -0.2) is 0 Å². The SMILES string of the molecule is O=C(CCCSCc1ccccc1)Nc1ccc2c(c1)OCCO2.